The van der Waals surface area contributed by atoms with Crippen LogP contribution in [0.25, 0.3) is 0 Å². The molecule has 0 aromatic carbocycles. The van der Waals surface area contributed by atoms with Gasteiger partial charge in [0.1, 0.15) is 0 Å². The standard InChI is InChI=1S/C20H24N2/c21-17-11-9-13-5-1-3-7-15(13)19(17)20-16-8-4-2-6-14(16)10-12-18(20)22/h3-4,7-12,17-20H,1-2,5-6,21-22H2/t17?,18?,19-,20?/m0/s1. The summed E-state index contributed by atoms with van der Waals surface area (Å²) >= 11 is 0. The van der Waals surface area contributed by atoms with Crippen molar-refractivity contribution < 1.29 is 0 Å². The molecule has 4 atom stereocenters. The van der Waals surface area contributed by atoms with E-state index < -0.39 is 0 Å². The summed E-state index contributed by atoms with van der Waals surface area (Å²) in [5.41, 5.74) is 18.8. The zero-order valence-corrected chi connectivity index (χ0v) is 12.9. The largest absolute Gasteiger partial charge is 0.324 e. The Labute approximate surface area is 132 Å². The van der Waals surface area contributed by atoms with Gasteiger partial charge >= 0.3 is 0 Å². The van der Waals surface area contributed by atoms with Crippen molar-refractivity contribution in [1.82, 2.24) is 0 Å². The summed E-state index contributed by atoms with van der Waals surface area (Å²) in [4.78, 5) is 0. The number of allylic oxidation sites excluding steroid dienone is 8. The fraction of sp³-hybridized carbons (Fsp3) is 0.400. The van der Waals surface area contributed by atoms with Crippen molar-refractivity contribution in [3.8, 4) is 0 Å². The molecular formula is C20H24N2. The Balaban J connectivity index is 1.79. The maximum Gasteiger partial charge on any atom is 0.0303 e. The van der Waals surface area contributed by atoms with Gasteiger partial charge in [-0.25, -0.2) is 0 Å². The van der Waals surface area contributed by atoms with E-state index in [0.717, 1.165) is 25.7 Å². The van der Waals surface area contributed by atoms with Gasteiger partial charge in [0.05, 0.1) is 0 Å². The first-order valence-electron chi connectivity index (χ1n) is 8.42. The van der Waals surface area contributed by atoms with Crippen LogP contribution in [0.2, 0.25) is 0 Å². The van der Waals surface area contributed by atoms with Crippen LogP contribution in [-0.4, -0.2) is 12.1 Å². The normalized spacial score (nSPS) is 36.6. The van der Waals surface area contributed by atoms with Crippen LogP contribution in [0.5, 0.6) is 0 Å². The second kappa shape index (κ2) is 5.53. The molecule has 0 saturated carbocycles. The molecule has 4 rings (SSSR count). The van der Waals surface area contributed by atoms with Crippen LogP contribution >= 0.6 is 0 Å². The minimum atomic E-state index is 0.0492. The molecule has 0 aromatic heterocycles. The first kappa shape index (κ1) is 14.0. The van der Waals surface area contributed by atoms with Crippen molar-refractivity contribution in [3.05, 3.63) is 70.9 Å². The fourth-order valence-electron chi connectivity index (χ4n) is 4.38. The van der Waals surface area contributed by atoms with Gasteiger partial charge in [-0.1, -0.05) is 48.6 Å². The molecule has 22 heavy (non-hydrogen) atoms. The van der Waals surface area contributed by atoms with Crippen molar-refractivity contribution in [1.29, 1.82) is 0 Å². The van der Waals surface area contributed by atoms with E-state index in [9.17, 15) is 0 Å². The molecule has 2 heteroatoms. The second-order valence-electron chi connectivity index (χ2n) is 6.77. The van der Waals surface area contributed by atoms with Gasteiger partial charge in [0.15, 0.2) is 0 Å². The Morgan fingerprint density at radius 1 is 0.682 bits per heavy atom. The van der Waals surface area contributed by atoms with E-state index in [1.807, 2.05) is 0 Å². The van der Waals surface area contributed by atoms with Crippen LogP contribution in [-0.2, 0) is 0 Å². The van der Waals surface area contributed by atoms with Crippen molar-refractivity contribution in [2.75, 3.05) is 0 Å². The predicted octanol–water partition coefficient (Wildman–Crippen LogP) is 3.31. The Kier molecular flexibility index (Phi) is 3.51. The maximum absolute atomic E-state index is 6.52. The first-order chi connectivity index (χ1) is 10.8. The van der Waals surface area contributed by atoms with Crippen LogP contribution in [0.1, 0.15) is 25.7 Å². The number of rotatable bonds is 1. The molecule has 0 saturated heterocycles. The summed E-state index contributed by atoms with van der Waals surface area (Å²) in [7, 11) is 0. The zero-order valence-electron chi connectivity index (χ0n) is 12.9. The molecule has 0 spiro atoms. The number of nitrogens with two attached hydrogens (primary N) is 2. The molecule has 0 amide bonds. The van der Waals surface area contributed by atoms with E-state index in [1.165, 1.54) is 22.3 Å². The molecule has 0 aliphatic heterocycles. The third-order valence-corrected chi connectivity index (χ3v) is 5.47. The van der Waals surface area contributed by atoms with Crippen molar-refractivity contribution in [2.24, 2.45) is 23.3 Å². The Hall–Kier alpha value is -1.64. The highest BCUT2D eigenvalue weighted by molar-refractivity contribution is 5.49. The number of hydrogen-bond acceptors (Lipinski definition) is 2. The van der Waals surface area contributed by atoms with Crippen LogP contribution < -0.4 is 11.5 Å². The maximum atomic E-state index is 6.52. The Morgan fingerprint density at radius 2 is 1.14 bits per heavy atom. The molecule has 0 fully saturated rings. The van der Waals surface area contributed by atoms with E-state index in [1.54, 1.807) is 0 Å². The quantitative estimate of drug-likeness (QED) is 0.779. The monoisotopic (exact) mass is 292 g/mol. The molecule has 2 nitrogen and oxygen atoms in total. The second-order valence-corrected chi connectivity index (χ2v) is 6.77. The summed E-state index contributed by atoms with van der Waals surface area (Å²) in [6.07, 6.45) is 22.5. The fourth-order valence-corrected chi connectivity index (χ4v) is 4.38. The van der Waals surface area contributed by atoms with Crippen LogP contribution in [0, 0.1) is 11.8 Å². The lowest BCUT2D eigenvalue weighted by molar-refractivity contribution is 0.366. The molecule has 114 valence electrons. The SMILES string of the molecule is NC1C=CC2=C(C=CCC2)C1[C@H]1C2=C(C=CC1N)CCC=C2. The summed E-state index contributed by atoms with van der Waals surface area (Å²) in [6.45, 7) is 0. The molecular weight excluding hydrogens is 268 g/mol. The summed E-state index contributed by atoms with van der Waals surface area (Å²) in [6, 6.07) is 0.0984. The summed E-state index contributed by atoms with van der Waals surface area (Å²) in [5, 5.41) is 0. The van der Waals surface area contributed by atoms with Crippen molar-refractivity contribution >= 4 is 0 Å². The lowest BCUT2D eigenvalue weighted by Crippen LogP contribution is -2.46. The van der Waals surface area contributed by atoms with E-state index in [0.29, 0.717) is 11.8 Å². The zero-order chi connectivity index (χ0) is 15.1. The topological polar surface area (TPSA) is 52.0 Å². The third-order valence-electron chi connectivity index (χ3n) is 5.47. The molecule has 4 aliphatic rings. The van der Waals surface area contributed by atoms with Crippen molar-refractivity contribution in [2.45, 2.75) is 37.8 Å². The van der Waals surface area contributed by atoms with Crippen LogP contribution in [0.15, 0.2) is 70.9 Å². The third kappa shape index (κ3) is 2.18. The lowest BCUT2D eigenvalue weighted by atomic mass is 9.65. The Morgan fingerprint density at radius 3 is 1.59 bits per heavy atom. The lowest BCUT2D eigenvalue weighted by Gasteiger charge is -2.41. The molecule has 4 N–H and O–H groups in total. The van der Waals surface area contributed by atoms with E-state index >= 15 is 0 Å². The average molecular weight is 292 g/mol. The molecule has 4 aliphatic carbocycles. The minimum absolute atomic E-state index is 0.0492. The van der Waals surface area contributed by atoms with Gasteiger partial charge in [-0.05, 0) is 48.0 Å². The van der Waals surface area contributed by atoms with Gasteiger partial charge in [0.2, 0.25) is 0 Å². The van der Waals surface area contributed by atoms with Crippen LogP contribution in [0.3, 0.4) is 0 Å². The van der Waals surface area contributed by atoms with Gasteiger partial charge in [-0.15, -0.1) is 0 Å². The minimum Gasteiger partial charge on any atom is -0.324 e. The van der Waals surface area contributed by atoms with Gasteiger partial charge in [-0.3, -0.25) is 0 Å². The first-order valence-corrected chi connectivity index (χ1v) is 8.42. The van der Waals surface area contributed by atoms with Crippen LogP contribution in [0.4, 0.5) is 0 Å². The molecule has 0 bridgehead atoms. The van der Waals surface area contributed by atoms with Gasteiger partial charge in [-0.2, -0.15) is 0 Å². The van der Waals surface area contributed by atoms with Gasteiger partial charge in [0, 0.05) is 23.9 Å². The van der Waals surface area contributed by atoms with Gasteiger partial charge in [0.25, 0.3) is 0 Å². The smallest absolute Gasteiger partial charge is 0.0303 e. The van der Waals surface area contributed by atoms with E-state index in [-0.39, 0.29) is 12.1 Å². The van der Waals surface area contributed by atoms with E-state index in [2.05, 4.69) is 48.6 Å². The highest BCUT2D eigenvalue weighted by Crippen LogP contribution is 2.43. The molecule has 3 unspecified atom stereocenters. The van der Waals surface area contributed by atoms with Crippen molar-refractivity contribution in [3.63, 3.8) is 0 Å². The summed E-state index contributed by atoms with van der Waals surface area (Å²) in [5.74, 6) is 0.591. The molecule has 0 heterocycles. The van der Waals surface area contributed by atoms with E-state index in [4.69, 9.17) is 11.5 Å². The molecule has 0 aromatic rings. The predicted molar refractivity (Wildman–Crippen MR) is 92.0 cm³/mol. The molecule has 0 radical (unpaired) electrons. The average Bonchev–Trinajstić information content (AvgIpc) is 2.56. The summed E-state index contributed by atoms with van der Waals surface area (Å²) < 4.78 is 0. The Bertz CT molecular complexity index is 599. The number of hydrogen-bond donors (Lipinski definition) is 2. The van der Waals surface area contributed by atoms with Gasteiger partial charge < -0.3 is 11.5 Å². The highest BCUT2D eigenvalue weighted by Gasteiger charge is 2.38. The highest BCUT2D eigenvalue weighted by atomic mass is 14.7.